The zero-order chi connectivity index (χ0) is 29.6. The third kappa shape index (κ3) is 12.5. The second-order valence-electron chi connectivity index (χ2n) is 7.03. The van der Waals surface area contributed by atoms with E-state index in [1.54, 1.807) is 17.7 Å². The van der Waals surface area contributed by atoms with Crippen LogP contribution >= 0.6 is 0 Å². The summed E-state index contributed by atoms with van der Waals surface area (Å²) in [6.45, 7) is 3.68. The summed E-state index contributed by atoms with van der Waals surface area (Å²) >= 11 is 0. The van der Waals surface area contributed by atoms with Gasteiger partial charge in [0.1, 0.15) is 61.8 Å². The number of nitrogens with zero attached hydrogens (tertiary/aromatic N) is 6. The average Bonchev–Trinajstić information content (AvgIpc) is 2.71. The van der Waals surface area contributed by atoms with Crippen LogP contribution < -0.4 is 74.5 Å². The van der Waals surface area contributed by atoms with E-state index < -0.39 is 40.3 Å². The van der Waals surface area contributed by atoms with Crippen LogP contribution in [0.4, 0.5) is 17.5 Å². The zero-order valence-electron chi connectivity index (χ0n) is 20.7. The van der Waals surface area contributed by atoms with Crippen LogP contribution in [0.5, 0.6) is 0 Å². The Balaban J connectivity index is 0.000000708. The fourth-order valence-electron chi connectivity index (χ4n) is 2.49. The number of hydrogen-bond donors (Lipinski definition) is 3. The number of hydrogen-bond acceptors (Lipinski definition) is 17. The molecule has 0 unspecified atom stereocenters. The number of aryl methyl sites for hydroxylation is 3. The summed E-state index contributed by atoms with van der Waals surface area (Å²) in [5.74, 6) is 0.874. The van der Waals surface area contributed by atoms with E-state index in [0.717, 1.165) is 18.3 Å². The molecular weight excluding hydrogens is 601 g/mol. The van der Waals surface area contributed by atoms with Gasteiger partial charge in [0.05, 0.1) is 7.05 Å². The molecule has 39 heavy (non-hydrogen) atoms. The topological polar surface area (TPSA) is 344 Å². The van der Waals surface area contributed by atoms with E-state index in [9.17, 15) is 25.9 Å². The third-order valence-electron chi connectivity index (χ3n) is 4.28. The molecular formula is C16H21ClN9NaO10S2. The summed E-state index contributed by atoms with van der Waals surface area (Å²) in [6, 6.07) is 0. The number of nitrogen functional groups attached to an aromatic ring is 3. The number of rotatable bonds is 4. The first kappa shape index (κ1) is 36.6. The van der Waals surface area contributed by atoms with E-state index in [1.807, 2.05) is 14.0 Å². The van der Waals surface area contributed by atoms with Gasteiger partial charge in [0.15, 0.2) is 4.90 Å². The normalized spacial score (nSPS) is 11.3. The smallest absolute Gasteiger partial charge is 0.744 e. The molecule has 0 atom stereocenters. The summed E-state index contributed by atoms with van der Waals surface area (Å²) < 4.78 is 102. The number of aromatic nitrogens is 6. The molecule has 0 saturated carbocycles. The standard InChI is InChI=1S/C12H16N6O3S.C4H5N3O3S.ClHO4.Na/c1-7-15-11(13)9(4-17(7)3)5-18-6-10(22(19,20)21)12(14)16-8(18)2;5-4-3(11(8,9)10)1-6-2-7-4;2-1(3,4)5;/h4,6,13-14H,5H2,1-3H3,(H,19,20,21);1-2H,(H2,5,6,7)(H,8,9,10);(H,2,3,4,5);/q;;;+1/p-1. The maximum Gasteiger partial charge on any atom is 1.00 e. The van der Waals surface area contributed by atoms with E-state index in [0.29, 0.717) is 17.2 Å². The summed E-state index contributed by atoms with van der Waals surface area (Å²) in [6.07, 6.45) is 4.87. The van der Waals surface area contributed by atoms with Gasteiger partial charge in [-0.1, -0.05) is 0 Å². The molecule has 0 fully saturated rings. The molecule has 3 aromatic rings. The van der Waals surface area contributed by atoms with Crippen LogP contribution in [-0.2, 0) is 33.8 Å². The van der Waals surface area contributed by atoms with E-state index in [4.69, 9.17) is 35.8 Å². The molecule has 0 radical (unpaired) electrons. The molecule has 3 heterocycles. The minimum Gasteiger partial charge on any atom is -0.744 e. The minimum atomic E-state index is -4.94. The Morgan fingerprint density at radius 1 is 0.846 bits per heavy atom. The van der Waals surface area contributed by atoms with E-state index in [1.165, 1.54) is 10.8 Å². The van der Waals surface area contributed by atoms with Crippen LogP contribution in [0.25, 0.3) is 0 Å². The monoisotopic (exact) mass is 621 g/mol. The Labute approximate surface area is 246 Å². The van der Waals surface area contributed by atoms with Crippen molar-refractivity contribution in [2.45, 2.75) is 30.2 Å². The molecule has 0 aliphatic heterocycles. The Morgan fingerprint density at radius 2 is 1.33 bits per heavy atom. The van der Waals surface area contributed by atoms with Crippen molar-refractivity contribution < 1.29 is 93.5 Å². The molecule has 0 saturated heterocycles. The van der Waals surface area contributed by atoms with Crippen LogP contribution in [0.15, 0.2) is 34.7 Å². The van der Waals surface area contributed by atoms with Gasteiger partial charge in [-0.25, -0.2) is 54.6 Å². The molecule has 210 valence electrons. The molecule has 19 nitrogen and oxygen atoms in total. The minimum absolute atomic E-state index is 0. The van der Waals surface area contributed by atoms with Gasteiger partial charge in [-0.3, -0.25) is 0 Å². The molecule has 0 aliphatic carbocycles. The molecule has 23 heteroatoms. The summed E-state index contributed by atoms with van der Waals surface area (Å²) in [4.78, 5) is 13.6. The largest absolute Gasteiger partial charge is 1.00 e. The van der Waals surface area contributed by atoms with Crippen molar-refractivity contribution in [1.82, 2.24) is 19.9 Å². The van der Waals surface area contributed by atoms with E-state index >= 15 is 0 Å². The fraction of sp³-hybridized carbons (Fsp3) is 0.250. The maximum atomic E-state index is 11.2. The van der Waals surface area contributed by atoms with Crippen molar-refractivity contribution in [3.63, 3.8) is 0 Å². The average molecular weight is 622 g/mol. The molecule has 0 bridgehead atoms. The Kier molecular flexibility index (Phi) is 13.4. The van der Waals surface area contributed by atoms with Gasteiger partial charge in [-0.2, -0.15) is 0 Å². The summed E-state index contributed by atoms with van der Waals surface area (Å²) in [5.41, 5.74) is 17.1. The van der Waals surface area contributed by atoms with E-state index in [2.05, 4.69) is 19.9 Å². The first-order valence-corrected chi connectivity index (χ1v) is 13.5. The Bertz CT molecular complexity index is 1520. The Hall–Kier alpha value is -2.41. The zero-order valence-corrected chi connectivity index (χ0v) is 25.1. The first-order valence-electron chi connectivity index (χ1n) is 9.48. The summed E-state index contributed by atoms with van der Waals surface area (Å²) in [7, 11) is -12.4. The van der Waals surface area contributed by atoms with E-state index in [-0.39, 0.29) is 47.7 Å². The van der Waals surface area contributed by atoms with Crippen molar-refractivity contribution in [3.8, 4) is 0 Å². The third-order valence-corrected chi connectivity index (χ3v) is 5.99. The number of nitrogens with two attached hydrogens (primary N) is 3. The van der Waals surface area contributed by atoms with Gasteiger partial charge >= 0.3 is 29.6 Å². The quantitative estimate of drug-likeness (QED) is 0.138. The van der Waals surface area contributed by atoms with Gasteiger partial charge in [0, 0.05) is 20.0 Å². The van der Waals surface area contributed by atoms with Crippen LogP contribution in [0.2, 0.25) is 0 Å². The van der Waals surface area contributed by atoms with Gasteiger partial charge in [-0.05, 0) is 9.97 Å². The predicted molar refractivity (Wildman–Crippen MR) is 110 cm³/mol. The molecule has 0 spiro atoms. The molecule has 0 aromatic carbocycles. The number of halogens is 1. The van der Waals surface area contributed by atoms with Crippen molar-refractivity contribution in [1.29, 1.82) is 0 Å². The van der Waals surface area contributed by atoms with Crippen LogP contribution in [0.3, 0.4) is 0 Å². The fourth-order valence-corrected chi connectivity index (χ4v) is 3.55. The predicted octanol–water partition coefficient (Wildman–Crippen LogP) is -10.5. The van der Waals surface area contributed by atoms with Crippen molar-refractivity contribution >= 4 is 37.7 Å². The second kappa shape index (κ2) is 14.3. The molecule has 3 aromatic heterocycles. The molecule has 3 rings (SSSR count). The molecule has 0 amide bonds. The van der Waals surface area contributed by atoms with Gasteiger partial charge < -0.3 is 26.3 Å². The maximum absolute atomic E-state index is 11.2. The van der Waals surface area contributed by atoms with Gasteiger partial charge in [0.25, 0.3) is 17.5 Å². The van der Waals surface area contributed by atoms with Gasteiger partial charge in [-0.15, -0.1) is 10.2 Å². The van der Waals surface area contributed by atoms with Crippen molar-refractivity contribution in [2.75, 3.05) is 17.2 Å². The second-order valence-corrected chi connectivity index (χ2v) is 10.5. The van der Waals surface area contributed by atoms with Crippen molar-refractivity contribution in [3.05, 3.63) is 42.1 Å². The molecule has 0 aliphatic rings. The molecule has 6 N–H and O–H groups in total. The van der Waals surface area contributed by atoms with Crippen LogP contribution in [0, 0.1) is 24.1 Å². The van der Waals surface area contributed by atoms with Crippen molar-refractivity contribution in [2.24, 2.45) is 7.05 Å². The SMILES string of the molecule is Cc1nc(N)c(C[n+]2cc(S(=O)(=O)[O-])c(N)nc2C)c[n+]1C.Nc1ncncc1S(=O)(=O)[O-].[Na+].[O-][Cl+3]([O-])([O-])[O-]. The Morgan fingerprint density at radius 3 is 1.77 bits per heavy atom. The number of anilines is 3. The van der Waals surface area contributed by atoms with Crippen LogP contribution in [-0.4, -0.2) is 45.9 Å². The summed E-state index contributed by atoms with van der Waals surface area (Å²) in [5, 5.41) is 0. The first-order chi connectivity index (χ1) is 17.1. The van der Waals surface area contributed by atoms with Gasteiger partial charge in [0.2, 0.25) is 5.82 Å². The van der Waals surface area contributed by atoms with Crippen LogP contribution in [0.1, 0.15) is 17.2 Å².